The van der Waals surface area contributed by atoms with Gasteiger partial charge in [0.1, 0.15) is 18.2 Å². The molecule has 2 aromatic rings. The fourth-order valence-electron chi connectivity index (χ4n) is 5.61. The van der Waals surface area contributed by atoms with Crippen molar-refractivity contribution in [3.8, 4) is 0 Å². The van der Waals surface area contributed by atoms with E-state index in [0.717, 1.165) is 36.8 Å². The van der Waals surface area contributed by atoms with Crippen LogP contribution >= 0.6 is 11.6 Å². The molecule has 3 N–H and O–H groups in total. The van der Waals surface area contributed by atoms with Gasteiger partial charge in [0.05, 0.1) is 6.61 Å². The topological polar surface area (TPSA) is 123 Å². The van der Waals surface area contributed by atoms with E-state index in [1.54, 1.807) is 6.92 Å². The van der Waals surface area contributed by atoms with Crippen LogP contribution in [0.2, 0.25) is 5.02 Å². The van der Waals surface area contributed by atoms with E-state index in [1.807, 2.05) is 54.6 Å². The lowest BCUT2D eigenvalue weighted by atomic mass is 9.96. The Labute approximate surface area is 245 Å². The second kappa shape index (κ2) is 14.9. The summed E-state index contributed by atoms with van der Waals surface area (Å²) in [6, 6.07) is 14.9. The normalized spacial score (nSPS) is 21.4. The van der Waals surface area contributed by atoms with E-state index in [-0.39, 0.29) is 37.4 Å². The number of hydrogen-bond donors (Lipinski definition) is 3. The predicted molar refractivity (Wildman–Crippen MR) is 154 cm³/mol. The van der Waals surface area contributed by atoms with E-state index in [0.29, 0.717) is 18.0 Å². The second-order valence-electron chi connectivity index (χ2n) is 10.7. The molecule has 4 rings (SSSR count). The van der Waals surface area contributed by atoms with Crippen LogP contribution in [0.25, 0.3) is 0 Å². The van der Waals surface area contributed by atoms with Gasteiger partial charge in [-0.15, -0.1) is 0 Å². The number of nitrogens with one attached hydrogen (secondary N) is 3. The first-order valence-corrected chi connectivity index (χ1v) is 14.7. The molecule has 1 aliphatic carbocycles. The zero-order chi connectivity index (χ0) is 29.2. The van der Waals surface area contributed by atoms with Crippen molar-refractivity contribution < 1.29 is 28.7 Å². The number of carbonyl (C=O) groups excluding carboxylic acids is 4. The summed E-state index contributed by atoms with van der Waals surface area (Å²) < 4.78 is 11.0. The molecule has 2 fully saturated rings. The Morgan fingerprint density at radius 3 is 2.49 bits per heavy atom. The van der Waals surface area contributed by atoms with Gasteiger partial charge < -0.3 is 25.4 Å². The lowest BCUT2D eigenvalue weighted by Gasteiger charge is -2.25. The van der Waals surface area contributed by atoms with Gasteiger partial charge >= 0.3 is 12.1 Å². The molecule has 9 nitrogen and oxygen atoms in total. The minimum absolute atomic E-state index is 0.117. The van der Waals surface area contributed by atoms with Crippen LogP contribution in [0.15, 0.2) is 54.6 Å². The lowest BCUT2D eigenvalue weighted by molar-refractivity contribution is -0.148. The number of carbonyl (C=O) groups is 4. The van der Waals surface area contributed by atoms with Gasteiger partial charge in [-0.2, -0.15) is 0 Å². The number of esters is 1. The molecular formula is C31H38ClN3O6. The summed E-state index contributed by atoms with van der Waals surface area (Å²) in [6.07, 6.45) is 3.24. The number of amides is 3. The van der Waals surface area contributed by atoms with Gasteiger partial charge in [-0.05, 0) is 68.7 Å². The quantitative estimate of drug-likeness (QED) is 0.325. The summed E-state index contributed by atoms with van der Waals surface area (Å²) in [7, 11) is 0. The Hall–Kier alpha value is -3.59. The fraction of sp³-hybridized carbons (Fsp3) is 0.484. The predicted octanol–water partition coefficient (Wildman–Crippen LogP) is 3.96. The average Bonchev–Trinajstić information content (AvgIpc) is 3.56. The molecule has 3 amide bonds. The number of halogens is 1. The zero-order valence-corrected chi connectivity index (χ0v) is 24.0. The van der Waals surface area contributed by atoms with E-state index in [4.69, 9.17) is 21.1 Å². The molecule has 220 valence electrons. The smallest absolute Gasteiger partial charge is 0.408 e. The molecule has 1 saturated heterocycles. The first-order valence-electron chi connectivity index (χ1n) is 14.3. The number of alkyl carbamates (subject to hydrolysis) is 1. The first-order chi connectivity index (χ1) is 19.8. The maximum atomic E-state index is 13.5. The van der Waals surface area contributed by atoms with Gasteiger partial charge in [0.15, 0.2) is 0 Å². The lowest BCUT2D eigenvalue weighted by Crippen LogP contribution is -2.53. The fourth-order valence-corrected chi connectivity index (χ4v) is 5.83. The van der Waals surface area contributed by atoms with Crippen molar-refractivity contribution in [2.75, 3.05) is 13.2 Å². The zero-order valence-electron chi connectivity index (χ0n) is 23.3. The van der Waals surface area contributed by atoms with E-state index >= 15 is 0 Å². The van der Waals surface area contributed by atoms with Crippen molar-refractivity contribution in [2.45, 2.75) is 70.1 Å². The maximum Gasteiger partial charge on any atom is 0.408 e. The molecule has 0 aromatic heterocycles. The summed E-state index contributed by atoms with van der Waals surface area (Å²) in [5.41, 5.74) is 1.91. The van der Waals surface area contributed by atoms with Crippen LogP contribution in [0.1, 0.15) is 50.2 Å². The molecule has 2 unspecified atom stereocenters. The Balaban J connectivity index is 1.43. The number of rotatable bonds is 12. The summed E-state index contributed by atoms with van der Waals surface area (Å²) >= 11 is 6.15. The Morgan fingerprint density at radius 2 is 1.78 bits per heavy atom. The number of ether oxygens (including phenoxy) is 2. The molecule has 0 spiro atoms. The molecule has 1 heterocycles. The van der Waals surface area contributed by atoms with Crippen molar-refractivity contribution in [3.05, 3.63) is 70.7 Å². The summed E-state index contributed by atoms with van der Waals surface area (Å²) in [4.78, 5) is 51.5. The molecule has 1 aliphatic heterocycles. The standard InChI is InChI=1S/C31H38ClN3O6/c1-2-40-30(38)26(19-23-14-15-33-28(23)36)34-29(37)25(18-20-8-4-3-5-9-20)35-31(39)41-27-13-7-11-22(27)16-21-10-6-12-24(32)17-21/h3-6,8-10,12,17,22-23,25-27H,2,7,11,13-16,18-19H2,1H3,(H,33,36)(H,34,37)(H,35,39)/t22?,23-,25-,26-,27?/m0/s1. The van der Waals surface area contributed by atoms with Gasteiger partial charge in [-0.1, -0.05) is 54.1 Å². The van der Waals surface area contributed by atoms with Crippen molar-refractivity contribution in [1.29, 1.82) is 0 Å². The van der Waals surface area contributed by atoms with E-state index in [9.17, 15) is 19.2 Å². The van der Waals surface area contributed by atoms with Crippen molar-refractivity contribution in [3.63, 3.8) is 0 Å². The molecule has 41 heavy (non-hydrogen) atoms. The van der Waals surface area contributed by atoms with Crippen molar-refractivity contribution in [2.24, 2.45) is 11.8 Å². The van der Waals surface area contributed by atoms with Crippen molar-refractivity contribution >= 4 is 35.5 Å². The minimum Gasteiger partial charge on any atom is -0.464 e. The van der Waals surface area contributed by atoms with Crippen molar-refractivity contribution in [1.82, 2.24) is 16.0 Å². The molecular weight excluding hydrogens is 546 g/mol. The molecule has 2 aliphatic rings. The minimum atomic E-state index is -1.02. The van der Waals surface area contributed by atoms with Crippen LogP contribution in [0.5, 0.6) is 0 Å². The molecule has 5 atom stereocenters. The van der Waals surface area contributed by atoms with Crippen LogP contribution in [0, 0.1) is 11.8 Å². The number of hydrogen-bond acceptors (Lipinski definition) is 6. The van der Waals surface area contributed by atoms with Crippen LogP contribution in [0.3, 0.4) is 0 Å². The van der Waals surface area contributed by atoms with Gasteiger partial charge in [0.25, 0.3) is 0 Å². The third kappa shape index (κ3) is 8.95. The van der Waals surface area contributed by atoms with Gasteiger partial charge in [-0.25, -0.2) is 9.59 Å². The highest BCUT2D eigenvalue weighted by molar-refractivity contribution is 6.30. The van der Waals surface area contributed by atoms with Gasteiger partial charge in [0.2, 0.25) is 11.8 Å². The Kier molecular flexibility index (Phi) is 11.0. The SMILES string of the molecule is CCOC(=O)[C@H](C[C@@H]1CCNC1=O)NC(=O)[C@H](Cc1ccccc1)NC(=O)OC1CCCC1Cc1cccc(Cl)c1. The summed E-state index contributed by atoms with van der Waals surface area (Å²) in [5.74, 6) is -1.58. The third-order valence-electron chi connectivity index (χ3n) is 7.70. The molecule has 10 heteroatoms. The molecule has 0 bridgehead atoms. The van der Waals surface area contributed by atoms with Gasteiger partial charge in [0, 0.05) is 29.8 Å². The molecule has 2 aromatic carbocycles. The monoisotopic (exact) mass is 583 g/mol. The first kappa shape index (κ1) is 30.4. The highest BCUT2D eigenvalue weighted by Crippen LogP contribution is 2.32. The Morgan fingerprint density at radius 1 is 1.00 bits per heavy atom. The van der Waals surface area contributed by atoms with E-state index < -0.39 is 36.0 Å². The highest BCUT2D eigenvalue weighted by atomic mass is 35.5. The largest absolute Gasteiger partial charge is 0.464 e. The third-order valence-corrected chi connectivity index (χ3v) is 7.93. The Bertz CT molecular complexity index is 1210. The molecule has 1 saturated carbocycles. The average molecular weight is 584 g/mol. The second-order valence-corrected chi connectivity index (χ2v) is 11.1. The van der Waals surface area contributed by atoms with Crippen LogP contribution in [-0.2, 0) is 36.7 Å². The van der Waals surface area contributed by atoms with Crippen LogP contribution < -0.4 is 16.0 Å². The van der Waals surface area contributed by atoms with Crippen LogP contribution in [0.4, 0.5) is 4.79 Å². The summed E-state index contributed by atoms with van der Waals surface area (Å²) in [6.45, 7) is 2.34. The van der Waals surface area contributed by atoms with E-state index in [1.165, 1.54) is 0 Å². The van der Waals surface area contributed by atoms with Gasteiger partial charge in [-0.3, -0.25) is 9.59 Å². The van der Waals surface area contributed by atoms with Crippen LogP contribution in [-0.4, -0.2) is 55.2 Å². The van der Waals surface area contributed by atoms with E-state index in [2.05, 4.69) is 16.0 Å². The number of benzene rings is 2. The summed E-state index contributed by atoms with van der Waals surface area (Å²) in [5, 5.41) is 8.90. The maximum absolute atomic E-state index is 13.5. The molecule has 0 radical (unpaired) electrons. The highest BCUT2D eigenvalue weighted by Gasteiger charge is 2.35.